The lowest BCUT2D eigenvalue weighted by molar-refractivity contribution is 0.927. The number of hydrogen-bond acceptors (Lipinski definition) is 3. The summed E-state index contributed by atoms with van der Waals surface area (Å²) < 4.78 is 2.91. The van der Waals surface area contributed by atoms with Gasteiger partial charge in [0.2, 0.25) is 0 Å². The van der Waals surface area contributed by atoms with Crippen molar-refractivity contribution < 1.29 is 0 Å². The van der Waals surface area contributed by atoms with Crippen LogP contribution in [0.2, 0.25) is 0 Å². The highest BCUT2D eigenvalue weighted by Gasteiger charge is 2.08. The highest BCUT2D eigenvalue weighted by atomic mass is 79.9. The van der Waals surface area contributed by atoms with Crippen LogP contribution in [0.1, 0.15) is 11.1 Å². The molecular formula is C20H17BrN4. The topological polar surface area (TPSA) is 42.2 Å². The van der Waals surface area contributed by atoms with E-state index in [1.54, 1.807) is 6.20 Å². The number of hydrogen-bond donors (Lipinski definition) is 1. The first-order chi connectivity index (χ1) is 12.2. The van der Waals surface area contributed by atoms with Gasteiger partial charge in [-0.25, -0.2) is 4.98 Å². The van der Waals surface area contributed by atoms with E-state index in [-0.39, 0.29) is 0 Å². The van der Waals surface area contributed by atoms with Gasteiger partial charge in [0.25, 0.3) is 0 Å². The molecule has 2 heterocycles. The summed E-state index contributed by atoms with van der Waals surface area (Å²) in [7, 11) is 0. The molecule has 4 nitrogen and oxygen atoms in total. The Kier molecular flexibility index (Phi) is 4.24. The van der Waals surface area contributed by atoms with Gasteiger partial charge in [0.05, 0.1) is 11.9 Å². The van der Waals surface area contributed by atoms with E-state index in [1.807, 2.05) is 28.8 Å². The van der Waals surface area contributed by atoms with Gasteiger partial charge in [-0.2, -0.15) is 9.61 Å². The van der Waals surface area contributed by atoms with Crippen LogP contribution in [-0.2, 0) is 6.54 Å². The van der Waals surface area contributed by atoms with Crippen LogP contribution in [0.25, 0.3) is 16.9 Å². The Balaban J connectivity index is 1.68. The third-order valence-corrected chi connectivity index (χ3v) is 4.62. The van der Waals surface area contributed by atoms with E-state index >= 15 is 0 Å². The molecule has 1 N–H and O–H groups in total. The second-order valence-corrected chi connectivity index (χ2v) is 6.89. The molecule has 2 aromatic carbocycles. The van der Waals surface area contributed by atoms with Crippen LogP contribution in [0.5, 0.6) is 0 Å². The highest BCUT2D eigenvalue weighted by molar-refractivity contribution is 9.10. The molecule has 2 aromatic heterocycles. The Labute approximate surface area is 154 Å². The number of nitrogens with zero attached hydrogens (tertiary/aromatic N) is 3. The monoisotopic (exact) mass is 392 g/mol. The Morgan fingerprint density at radius 1 is 1.00 bits per heavy atom. The van der Waals surface area contributed by atoms with Crippen LogP contribution in [0.4, 0.5) is 5.82 Å². The molecule has 0 aliphatic rings. The van der Waals surface area contributed by atoms with E-state index in [1.165, 1.54) is 11.1 Å². The molecule has 5 heteroatoms. The van der Waals surface area contributed by atoms with Crippen molar-refractivity contribution in [2.24, 2.45) is 0 Å². The van der Waals surface area contributed by atoms with Gasteiger partial charge in [0.1, 0.15) is 5.82 Å². The molecule has 0 radical (unpaired) electrons. The van der Waals surface area contributed by atoms with E-state index in [2.05, 4.69) is 69.7 Å². The van der Waals surface area contributed by atoms with Crippen LogP contribution in [0, 0.1) is 6.92 Å². The average molecular weight is 393 g/mol. The molecule has 0 saturated heterocycles. The summed E-state index contributed by atoms with van der Waals surface area (Å²) >= 11 is 3.47. The predicted molar refractivity (Wildman–Crippen MR) is 105 cm³/mol. The van der Waals surface area contributed by atoms with Crippen molar-refractivity contribution in [1.82, 2.24) is 14.6 Å². The van der Waals surface area contributed by atoms with E-state index in [9.17, 15) is 0 Å². The van der Waals surface area contributed by atoms with E-state index in [0.717, 1.165) is 33.7 Å². The first-order valence-electron chi connectivity index (χ1n) is 8.09. The number of fused-ring (bicyclic) bond motifs is 1. The maximum absolute atomic E-state index is 4.72. The summed E-state index contributed by atoms with van der Waals surface area (Å²) in [5.74, 6) is 0.925. The minimum Gasteiger partial charge on any atom is -0.366 e. The van der Waals surface area contributed by atoms with Crippen molar-refractivity contribution in [3.63, 3.8) is 0 Å². The lowest BCUT2D eigenvalue weighted by Crippen LogP contribution is -2.06. The summed E-state index contributed by atoms with van der Waals surface area (Å²) in [6.07, 6.45) is 1.77. The third kappa shape index (κ3) is 3.42. The van der Waals surface area contributed by atoms with Gasteiger partial charge in [-0.1, -0.05) is 57.9 Å². The quantitative estimate of drug-likeness (QED) is 0.526. The SMILES string of the molecule is Cc1ccc(-c2cc(NCc3ccc(Br)cc3)n3nccc3n2)cc1. The summed E-state index contributed by atoms with van der Waals surface area (Å²) in [6.45, 7) is 2.81. The Bertz CT molecular complexity index is 1000. The third-order valence-electron chi connectivity index (χ3n) is 4.09. The van der Waals surface area contributed by atoms with E-state index < -0.39 is 0 Å². The van der Waals surface area contributed by atoms with Crippen molar-refractivity contribution in [3.05, 3.63) is 82.5 Å². The smallest absolute Gasteiger partial charge is 0.157 e. The van der Waals surface area contributed by atoms with E-state index in [4.69, 9.17) is 4.98 Å². The predicted octanol–water partition coefficient (Wildman–Crippen LogP) is 5.08. The van der Waals surface area contributed by atoms with Gasteiger partial charge >= 0.3 is 0 Å². The fourth-order valence-electron chi connectivity index (χ4n) is 2.71. The number of anilines is 1. The van der Waals surface area contributed by atoms with Gasteiger partial charge in [0.15, 0.2) is 5.65 Å². The number of rotatable bonds is 4. The lowest BCUT2D eigenvalue weighted by atomic mass is 10.1. The summed E-state index contributed by atoms with van der Waals surface area (Å²) in [5, 5.41) is 7.85. The number of halogens is 1. The summed E-state index contributed by atoms with van der Waals surface area (Å²) in [4.78, 5) is 4.72. The van der Waals surface area contributed by atoms with Gasteiger partial charge in [0, 0.05) is 28.7 Å². The van der Waals surface area contributed by atoms with Crippen LogP contribution in [0.3, 0.4) is 0 Å². The average Bonchev–Trinajstić information content (AvgIpc) is 3.10. The van der Waals surface area contributed by atoms with Crippen LogP contribution < -0.4 is 5.32 Å². The molecule has 0 spiro atoms. The molecule has 0 atom stereocenters. The highest BCUT2D eigenvalue weighted by Crippen LogP contribution is 2.23. The molecule has 0 aliphatic heterocycles. The molecule has 4 rings (SSSR count). The number of benzene rings is 2. The van der Waals surface area contributed by atoms with Crippen molar-refractivity contribution in [2.45, 2.75) is 13.5 Å². The standard InChI is InChI=1S/C20H17BrN4/c1-14-2-6-16(7-3-14)18-12-20(25-19(24-18)10-11-23-25)22-13-15-4-8-17(21)9-5-15/h2-12,22H,13H2,1H3. The van der Waals surface area contributed by atoms with Crippen molar-refractivity contribution >= 4 is 27.4 Å². The Morgan fingerprint density at radius 3 is 2.52 bits per heavy atom. The number of aromatic nitrogens is 3. The normalized spacial score (nSPS) is 11.0. The first kappa shape index (κ1) is 15.8. The first-order valence-corrected chi connectivity index (χ1v) is 8.88. The second-order valence-electron chi connectivity index (χ2n) is 5.97. The molecule has 25 heavy (non-hydrogen) atoms. The molecule has 0 saturated carbocycles. The molecule has 0 fully saturated rings. The summed E-state index contributed by atoms with van der Waals surface area (Å²) in [5.41, 5.74) is 5.31. The van der Waals surface area contributed by atoms with Crippen LogP contribution in [-0.4, -0.2) is 14.6 Å². The zero-order valence-electron chi connectivity index (χ0n) is 13.8. The zero-order valence-corrected chi connectivity index (χ0v) is 15.4. The number of aryl methyl sites for hydroxylation is 1. The van der Waals surface area contributed by atoms with Gasteiger partial charge in [-0.05, 0) is 24.6 Å². The number of nitrogens with one attached hydrogen (secondary N) is 1. The van der Waals surface area contributed by atoms with Crippen molar-refractivity contribution in [2.75, 3.05) is 5.32 Å². The van der Waals surface area contributed by atoms with Gasteiger partial charge in [-0.15, -0.1) is 0 Å². The lowest BCUT2D eigenvalue weighted by Gasteiger charge is -2.11. The minimum atomic E-state index is 0.722. The summed E-state index contributed by atoms with van der Waals surface area (Å²) in [6, 6.07) is 20.7. The maximum Gasteiger partial charge on any atom is 0.157 e. The van der Waals surface area contributed by atoms with Crippen molar-refractivity contribution in [3.8, 4) is 11.3 Å². The Hall–Kier alpha value is -2.66. The second kappa shape index (κ2) is 6.69. The maximum atomic E-state index is 4.72. The van der Waals surface area contributed by atoms with Crippen LogP contribution >= 0.6 is 15.9 Å². The van der Waals surface area contributed by atoms with E-state index in [0.29, 0.717) is 0 Å². The molecular weight excluding hydrogens is 376 g/mol. The zero-order chi connectivity index (χ0) is 17.2. The minimum absolute atomic E-state index is 0.722. The molecule has 0 unspecified atom stereocenters. The Morgan fingerprint density at radius 2 is 1.76 bits per heavy atom. The molecule has 4 aromatic rings. The van der Waals surface area contributed by atoms with Crippen LogP contribution in [0.15, 0.2) is 71.3 Å². The van der Waals surface area contributed by atoms with Gasteiger partial charge in [-0.3, -0.25) is 0 Å². The molecule has 124 valence electrons. The largest absolute Gasteiger partial charge is 0.366 e. The fraction of sp³-hybridized carbons (Fsp3) is 0.100. The van der Waals surface area contributed by atoms with Crippen molar-refractivity contribution in [1.29, 1.82) is 0 Å². The molecule has 0 aliphatic carbocycles. The molecule has 0 bridgehead atoms. The van der Waals surface area contributed by atoms with Gasteiger partial charge < -0.3 is 5.32 Å². The fourth-order valence-corrected chi connectivity index (χ4v) is 2.97. The molecule has 0 amide bonds.